The second-order valence-corrected chi connectivity index (χ2v) is 8.01. The van der Waals surface area contributed by atoms with Crippen molar-refractivity contribution in [3.8, 4) is 11.5 Å². The van der Waals surface area contributed by atoms with Crippen LogP contribution in [0.5, 0.6) is 0 Å². The lowest BCUT2D eigenvalue weighted by atomic mass is 10.1. The third kappa shape index (κ3) is 4.47. The molecule has 9 heteroatoms. The largest absolute Gasteiger partial charge is 0.403 e. The van der Waals surface area contributed by atoms with Crippen molar-refractivity contribution < 1.29 is 17.6 Å². The second-order valence-electron chi connectivity index (χ2n) is 5.56. The molecule has 2 aromatic carbocycles. The fourth-order valence-electron chi connectivity index (χ4n) is 2.19. The Kier molecular flexibility index (Phi) is 5.06. The maximum atomic E-state index is 12.1. The summed E-state index contributed by atoms with van der Waals surface area (Å²) in [5, 5.41) is 10.8. The van der Waals surface area contributed by atoms with Gasteiger partial charge in [0.25, 0.3) is 0 Å². The topological polar surface area (TPSA) is 102 Å². The molecule has 3 rings (SSSR count). The molecule has 0 aliphatic rings. The summed E-state index contributed by atoms with van der Waals surface area (Å²) in [6.45, 7) is 0. The van der Waals surface area contributed by atoms with Gasteiger partial charge in [0, 0.05) is 16.8 Å². The van der Waals surface area contributed by atoms with E-state index >= 15 is 0 Å². The van der Waals surface area contributed by atoms with Crippen LogP contribution in [0.3, 0.4) is 0 Å². The summed E-state index contributed by atoms with van der Waals surface area (Å²) in [6.07, 6.45) is 1.17. The molecule has 0 atom stereocenters. The smallest absolute Gasteiger partial charge is 0.322 e. The Bertz CT molecular complexity index is 1030. The maximum Gasteiger partial charge on any atom is 0.322 e. The number of amides is 1. The molecule has 1 aromatic heterocycles. The molecule has 0 saturated heterocycles. The Morgan fingerprint density at radius 1 is 1.08 bits per heavy atom. The molecule has 1 amide bonds. The van der Waals surface area contributed by atoms with Crippen molar-refractivity contribution in [2.75, 3.05) is 11.6 Å². The highest BCUT2D eigenvalue weighted by molar-refractivity contribution is 7.90. The molecule has 0 aliphatic heterocycles. The number of sulfone groups is 1. The minimum Gasteiger partial charge on any atom is -0.403 e. The normalized spacial score (nSPS) is 11.3. The van der Waals surface area contributed by atoms with Crippen LogP contribution in [0, 0.1) is 0 Å². The molecule has 1 N–H and O–H groups in total. The molecule has 0 aliphatic carbocycles. The average molecular weight is 392 g/mol. The molecular weight excluding hydrogens is 378 g/mol. The average Bonchev–Trinajstić information content (AvgIpc) is 3.03. The van der Waals surface area contributed by atoms with Gasteiger partial charge in [-0.2, -0.15) is 0 Å². The molecule has 0 radical (unpaired) electrons. The summed E-state index contributed by atoms with van der Waals surface area (Å²) in [6, 6.07) is 12.9. The number of carbonyl (C=O) groups excluding carboxylic acids is 1. The third-order valence-corrected chi connectivity index (χ3v) is 4.86. The predicted molar refractivity (Wildman–Crippen MR) is 96.6 cm³/mol. The molecular formula is C17H14ClN3O4S. The minimum absolute atomic E-state index is 0.0206. The summed E-state index contributed by atoms with van der Waals surface area (Å²) in [7, 11) is -3.27. The van der Waals surface area contributed by atoms with Gasteiger partial charge in [-0.15, -0.1) is 5.10 Å². The Labute approximate surface area is 154 Å². The number of nitrogens with one attached hydrogen (secondary N) is 1. The van der Waals surface area contributed by atoms with Gasteiger partial charge in [-0.3, -0.25) is 10.1 Å². The first-order valence-electron chi connectivity index (χ1n) is 7.49. The van der Waals surface area contributed by atoms with Gasteiger partial charge in [-0.1, -0.05) is 28.8 Å². The van der Waals surface area contributed by atoms with Gasteiger partial charge in [-0.05, 0) is 42.0 Å². The van der Waals surface area contributed by atoms with Crippen molar-refractivity contribution >= 4 is 33.4 Å². The first kappa shape index (κ1) is 18.1. The highest BCUT2D eigenvalue weighted by atomic mass is 35.5. The molecule has 7 nitrogen and oxygen atoms in total. The lowest BCUT2D eigenvalue weighted by molar-refractivity contribution is -0.115. The van der Waals surface area contributed by atoms with E-state index in [1.807, 2.05) is 0 Å². The summed E-state index contributed by atoms with van der Waals surface area (Å²) in [4.78, 5) is 12.3. The van der Waals surface area contributed by atoms with Crippen LogP contribution in [0.25, 0.3) is 11.5 Å². The van der Waals surface area contributed by atoms with Gasteiger partial charge >= 0.3 is 6.01 Å². The Morgan fingerprint density at radius 3 is 2.35 bits per heavy atom. The lowest BCUT2D eigenvalue weighted by Gasteiger charge is -2.03. The molecule has 3 aromatic rings. The van der Waals surface area contributed by atoms with E-state index in [-0.39, 0.29) is 29.1 Å². The minimum atomic E-state index is -3.27. The maximum absolute atomic E-state index is 12.1. The number of hydrogen-bond acceptors (Lipinski definition) is 6. The molecule has 26 heavy (non-hydrogen) atoms. The number of halogens is 1. The van der Waals surface area contributed by atoms with Crippen LogP contribution in [-0.4, -0.2) is 30.8 Å². The van der Waals surface area contributed by atoms with E-state index in [0.29, 0.717) is 16.1 Å². The molecule has 0 saturated carbocycles. The zero-order valence-corrected chi connectivity index (χ0v) is 15.2. The Hall–Kier alpha value is -2.71. The van der Waals surface area contributed by atoms with Crippen molar-refractivity contribution in [1.29, 1.82) is 0 Å². The third-order valence-electron chi connectivity index (χ3n) is 3.48. The summed E-state index contributed by atoms with van der Waals surface area (Å²) in [5.74, 6) is -0.0992. The second kappa shape index (κ2) is 7.27. The van der Waals surface area contributed by atoms with Crippen LogP contribution in [0.4, 0.5) is 6.01 Å². The van der Waals surface area contributed by atoms with Crippen molar-refractivity contribution in [2.24, 2.45) is 0 Å². The van der Waals surface area contributed by atoms with Gasteiger partial charge in [-0.25, -0.2) is 8.42 Å². The number of nitrogens with zero attached hydrogens (tertiary/aromatic N) is 2. The van der Waals surface area contributed by atoms with Gasteiger partial charge in [0.15, 0.2) is 9.84 Å². The lowest BCUT2D eigenvalue weighted by Crippen LogP contribution is -2.14. The fourth-order valence-corrected chi connectivity index (χ4v) is 2.94. The van der Waals surface area contributed by atoms with E-state index < -0.39 is 9.84 Å². The van der Waals surface area contributed by atoms with Crippen molar-refractivity contribution in [3.05, 3.63) is 59.1 Å². The van der Waals surface area contributed by atoms with E-state index in [1.54, 1.807) is 36.4 Å². The van der Waals surface area contributed by atoms with Crippen molar-refractivity contribution in [1.82, 2.24) is 10.2 Å². The number of aromatic nitrogens is 2. The zero-order chi connectivity index (χ0) is 18.7. The number of benzene rings is 2. The van der Waals surface area contributed by atoms with Crippen molar-refractivity contribution in [2.45, 2.75) is 11.3 Å². The highest BCUT2D eigenvalue weighted by Gasteiger charge is 2.13. The molecule has 134 valence electrons. The standard InChI is InChI=1S/C17H14ClN3O4S/c1-26(23,24)14-8-2-11(3-9-14)10-15(22)19-17-21-20-16(25-17)12-4-6-13(18)7-5-12/h2-9H,10H2,1H3,(H,19,21,22). The Balaban J connectivity index is 1.64. The summed E-state index contributed by atoms with van der Waals surface area (Å²) >= 11 is 5.83. The predicted octanol–water partition coefficient (Wildman–Crippen LogP) is 2.97. The van der Waals surface area contributed by atoms with Gasteiger partial charge in [0.05, 0.1) is 11.3 Å². The first-order valence-corrected chi connectivity index (χ1v) is 9.76. The molecule has 0 fully saturated rings. The monoisotopic (exact) mass is 391 g/mol. The van der Waals surface area contributed by atoms with Gasteiger partial charge < -0.3 is 4.42 Å². The number of carbonyl (C=O) groups is 1. The fraction of sp³-hybridized carbons (Fsp3) is 0.118. The van der Waals surface area contributed by atoms with Gasteiger partial charge in [0.2, 0.25) is 11.8 Å². The zero-order valence-electron chi connectivity index (χ0n) is 13.6. The van der Waals surface area contributed by atoms with Crippen LogP contribution >= 0.6 is 11.6 Å². The van der Waals surface area contributed by atoms with Gasteiger partial charge in [0.1, 0.15) is 0 Å². The summed E-state index contributed by atoms with van der Waals surface area (Å²) in [5.41, 5.74) is 1.34. The van der Waals surface area contributed by atoms with E-state index in [4.69, 9.17) is 16.0 Å². The Morgan fingerprint density at radius 2 is 1.73 bits per heavy atom. The van der Waals surface area contributed by atoms with Crippen LogP contribution in [-0.2, 0) is 21.1 Å². The summed E-state index contributed by atoms with van der Waals surface area (Å²) < 4.78 is 28.3. The van der Waals surface area contributed by atoms with Crippen LogP contribution in [0.1, 0.15) is 5.56 Å². The quantitative estimate of drug-likeness (QED) is 0.717. The van der Waals surface area contributed by atoms with Crippen LogP contribution in [0.2, 0.25) is 5.02 Å². The number of hydrogen-bond donors (Lipinski definition) is 1. The SMILES string of the molecule is CS(=O)(=O)c1ccc(CC(=O)Nc2nnc(-c3ccc(Cl)cc3)o2)cc1. The number of anilines is 1. The van der Waals surface area contributed by atoms with Crippen LogP contribution < -0.4 is 5.32 Å². The first-order chi connectivity index (χ1) is 12.3. The number of rotatable bonds is 5. The molecule has 0 unspecified atom stereocenters. The van der Waals surface area contributed by atoms with E-state index in [0.717, 1.165) is 6.26 Å². The van der Waals surface area contributed by atoms with Crippen molar-refractivity contribution in [3.63, 3.8) is 0 Å². The highest BCUT2D eigenvalue weighted by Crippen LogP contribution is 2.21. The van der Waals surface area contributed by atoms with E-state index in [1.165, 1.54) is 12.1 Å². The van der Waals surface area contributed by atoms with Crippen LogP contribution in [0.15, 0.2) is 57.8 Å². The molecule has 0 spiro atoms. The van der Waals surface area contributed by atoms with E-state index in [2.05, 4.69) is 15.5 Å². The van der Waals surface area contributed by atoms with E-state index in [9.17, 15) is 13.2 Å². The molecule has 0 bridgehead atoms. The molecule has 1 heterocycles.